The minimum atomic E-state index is 0.467. The smallest absolute Gasteiger partial charge is 0.146 e. The quantitative estimate of drug-likeness (QED) is 0.400. The van der Waals surface area contributed by atoms with Crippen molar-refractivity contribution in [2.45, 2.75) is 45.1 Å². The summed E-state index contributed by atoms with van der Waals surface area (Å²) < 4.78 is 8.28. The molecule has 0 atom stereocenters. The third-order valence-electron chi connectivity index (χ3n) is 6.57. The van der Waals surface area contributed by atoms with Gasteiger partial charge >= 0.3 is 0 Å². The molecular weight excluding hydrogens is 384 g/mol. The summed E-state index contributed by atoms with van der Waals surface area (Å²) >= 11 is 0. The van der Waals surface area contributed by atoms with Crippen LogP contribution in [0, 0.1) is 5.92 Å². The molecule has 1 aliphatic rings. The lowest BCUT2D eigenvalue weighted by Crippen LogP contribution is -2.17. The summed E-state index contributed by atoms with van der Waals surface area (Å²) in [5.41, 5.74) is 9.43. The zero-order chi connectivity index (χ0) is 21.2. The number of nitrogens with zero attached hydrogens (tertiary/aromatic N) is 3. The van der Waals surface area contributed by atoms with Crippen LogP contribution < -0.4 is 10.5 Å². The molecule has 0 bridgehead atoms. The van der Waals surface area contributed by atoms with E-state index in [1.807, 2.05) is 42.5 Å². The second kappa shape index (κ2) is 8.42. The molecule has 2 aromatic carbocycles. The number of nitrogens with two attached hydrogens (primary N) is 1. The van der Waals surface area contributed by atoms with E-state index in [4.69, 9.17) is 10.5 Å². The summed E-state index contributed by atoms with van der Waals surface area (Å²) in [6.45, 7) is 2.30. The summed E-state index contributed by atoms with van der Waals surface area (Å²) in [5.74, 6) is 3.02. The fourth-order valence-electron chi connectivity index (χ4n) is 4.76. The van der Waals surface area contributed by atoms with Crippen LogP contribution in [0.5, 0.6) is 11.5 Å². The fraction of sp³-hybridized carbons (Fsp3) is 0.308. The molecule has 0 radical (unpaired) electrons. The van der Waals surface area contributed by atoms with E-state index in [1.165, 1.54) is 32.1 Å². The lowest BCUT2D eigenvalue weighted by atomic mass is 9.84. The number of para-hydroxylation sites is 1. The van der Waals surface area contributed by atoms with Crippen LogP contribution in [0.15, 0.2) is 67.1 Å². The van der Waals surface area contributed by atoms with E-state index in [9.17, 15) is 0 Å². The monoisotopic (exact) mass is 412 g/mol. The van der Waals surface area contributed by atoms with E-state index in [0.717, 1.165) is 39.6 Å². The van der Waals surface area contributed by atoms with E-state index in [0.29, 0.717) is 11.9 Å². The van der Waals surface area contributed by atoms with E-state index in [-0.39, 0.29) is 0 Å². The molecule has 2 N–H and O–H groups in total. The number of benzene rings is 2. The van der Waals surface area contributed by atoms with Crippen molar-refractivity contribution in [3.63, 3.8) is 0 Å². The Hall–Kier alpha value is -3.34. The average Bonchev–Trinajstić information content (AvgIpc) is 3.21. The second-order valence-corrected chi connectivity index (χ2v) is 8.43. The maximum Gasteiger partial charge on any atom is 0.146 e. The van der Waals surface area contributed by atoms with E-state index < -0.39 is 0 Å². The Bertz CT molecular complexity index is 1160. The number of ether oxygens (including phenoxy) is 1. The number of anilines is 1. The molecule has 5 rings (SSSR count). The zero-order valence-electron chi connectivity index (χ0n) is 17.9. The van der Waals surface area contributed by atoms with E-state index in [1.54, 1.807) is 6.33 Å². The van der Waals surface area contributed by atoms with Gasteiger partial charge in [-0.25, -0.2) is 9.97 Å². The van der Waals surface area contributed by atoms with Crippen molar-refractivity contribution in [2.75, 3.05) is 5.73 Å². The molecule has 0 saturated heterocycles. The number of nitrogen functional groups attached to an aromatic ring is 1. The van der Waals surface area contributed by atoms with Gasteiger partial charge < -0.3 is 15.0 Å². The maximum atomic E-state index is 6.32. The Labute approximate surface area is 182 Å². The first-order chi connectivity index (χ1) is 15.2. The molecule has 0 aliphatic heterocycles. The van der Waals surface area contributed by atoms with Gasteiger partial charge in [0.25, 0.3) is 0 Å². The van der Waals surface area contributed by atoms with Crippen molar-refractivity contribution < 1.29 is 4.74 Å². The van der Waals surface area contributed by atoms with Gasteiger partial charge in [-0.1, -0.05) is 43.7 Å². The Balaban J connectivity index is 1.48. The largest absolute Gasteiger partial charge is 0.457 e. The van der Waals surface area contributed by atoms with Gasteiger partial charge in [0.1, 0.15) is 29.3 Å². The molecule has 1 fully saturated rings. The van der Waals surface area contributed by atoms with Crippen LogP contribution in [0.3, 0.4) is 0 Å². The molecule has 31 heavy (non-hydrogen) atoms. The van der Waals surface area contributed by atoms with Crippen molar-refractivity contribution in [1.29, 1.82) is 0 Å². The molecule has 0 spiro atoms. The molecular formula is C26H28N4O. The molecule has 2 aromatic heterocycles. The lowest BCUT2D eigenvalue weighted by molar-refractivity contribution is 0.273. The number of fused-ring (bicyclic) bond motifs is 1. The Morgan fingerprint density at radius 3 is 2.35 bits per heavy atom. The summed E-state index contributed by atoms with van der Waals surface area (Å²) in [6, 6.07) is 18.4. The van der Waals surface area contributed by atoms with Crippen molar-refractivity contribution in [3.05, 3.63) is 67.1 Å². The summed E-state index contributed by atoms with van der Waals surface area (Å²) in [6.07, 6.45) is 10.0. The van der Waals surface area contributed by atoms with Gasteiger partial charge in [-0.15, -0.1) is 0 Å². The van der Waals surface area contributed by atoms with E-state index in [2.05, 4.69) is 39.8 Å². The van der Waals surface area contributed by atoms with Gasteiger partial charge in [-0.05, 0) is 61.4 Å². The van der Waals surface area contributed by atoms with Crippen molar-refractivity contribution in [1.82, 2.24) is 14.5 Å². The summed E-state index contributed by atoms with van der Waals surface area (Å²) in [5, 5.41) is 0.942. The first kappa shape index (κ1) is 19.6. The predicted molar refractivity (Wildman–Crippen MR) is 125 cm³/mol. The minimum absolute atomic E-state index is 0.467. The third kappa shape index (κ3) is 3.88. The molecule has 2 heterocycles. The molecule has 1 saturated carbocycles. The van der Waals surface area contributed by atoms with Gasteiger partial charge in [0.2, 0.25) is 0 Å². The van der Waals surface area contributed by atoms with Crippen LogP contribution in [0.25, 0.3) is 22.2 Å². The highest BCUT2D eigenvalue weighted by molar-refractivity contribution is 6.00. The molecule has 0 unspecified atom stereocenters. The molecule has 0 amide bonds. The number of aromatic nitrogens is 3. The number of hydrogen-bond acceptors (Lipinski definition) is 4. The Morgan fingerprint density at radius 1 is 0.935 bits per heavy atom. The summed E-state index contributed by atoms with van der Waals surface area (Å²) in [7, 11) is 0. The van der Waals surface area contributed by atoms with Crippen molar-refractivity contribution in [3.8, 4) is 22.6 Å². The minimum Gasteiger partial charge on any atom is -0.457 e. The fourth-order valence-corrected chi connectivity index (χ4v) is 4.76. The molecule has 5 nitrogen and oxygen atoms in total. The van der Waals surface area contributed by atoms with Crippen LogP contribution in [0.4, 0.5) is 5.82 Å². The van der Waals surface area contributed by atoms with Gasteiger partial charge in [-0.3, -0.25) is 0 Å². The second-order valence-electron chi connectivity index (χ2n) is 8.43. The molecule has 158 valence electrons. The highest BCUT2D eigenvalue weighted by Crippen LogP contribution is 2.40. The van der Waals surface area contributed by atoms with Crippen LogP contribution in [0.2, 0.25) is 0 Å². The van der Waals surface area contributed by atoms with Gasteiger partial charge in [0.15, 0.2) is 0 Å². The lowest BCUT2D eigenvalue weighted by Gasteiger charge is -2.29. The van der Waals surface area contributed by atoms with Crippen LogP contribution >= 0.6 is 0 Å². The van der Waals surface area contributed by atoms with Crippen LogP contribution in [-0.2, 0) is 0 Å². The van der Waals surface area contributed by atoms with Crippen molar-refractivity contribution in [2.24, 2.45) is 5.92 Å². The first-order valence-electron chi connectivity index (χ1n) is 11.2. The predicted octanol–water partition coefficient (Wildman–Crippen LogP) is 6.61. The topological polar surface area (TPSA) is 66.0 Å². The Morgan fingerprint density at radius 2 is 1.65 bits per heavy atom. The average molecular weight is 413 g/mol. The number of hydrogen-bond donors (Lipinski definition) is 1. The van der Waals surface area contributed by atoms with Crippen molar-refractivity contribution >= 4 is 16.9 Å². The highest BCUT2D eigenvalue weighted by atomic mass is 16.5. The van der Waals surface area contributed by atoms with E-state index >= 15 is 0 Å². The maximum absolute atomic E-state index is 6.32. The van der Waals surface area contributed by atoms with Crippen LogP contribution in [-0.4, -0.2) is 14.5 Å². The molecule has 4 aromatic rings. The first-order valence-corrected chi connectivity index (χ1v) is 11.2. The highest BCUT2D eigenvalue weighted by Gasteiger charge is 2.25. The third-order valence-corrected chi connectivity index (χ3v) is 6.57. The van der Waals surface area contributed by atoms with Gasteiger partial charge in [0, 0.05) is 17.8 Å². The van der Waals surface area contributed by atoms with Gasteiger partial charge in [0.05, 0.1) is 5.39 Å². The standard InChI is InChI=1S/C26H28N4O/c1-2-18-8-12-20(13-9-18)30-16-23(24-25(27)28-17-29-26(24)30)19-10-14-22(15-11-19)31-21-6-4-3-5-7-21/h3-7,10-11,14-18,20H,2,8-9,12-13H2,1H3,(H2,27,28,29). The normalized spacial score (nSPS) is 18.9. The van der Waals surface area contributed by atoms with Crippen LogP contribution in [0.1, 0.15) is 45.1 Å². The van der Waals surface area contributed by atoms with Gasteiger partial charge in [-0.2, -0.15) is 0 Å². The number of rotatable bonds is 5. The zero-order valence-corrected chi connectivity index (χ0v) is 17.9. The molecule has 1 aliphatic carbocycles. The Kier molecular flexibility index (Phi) is 5.33. The molecule has 5 heteroatoms. The SMILES string of the molecule is CCC1CCC(n2cc(-c3ccc(Oc4ccccc4)cc3)c3c(N)ncnc32)CC1. The summed E-state index contributed by atoms with van der Waals surface area (Å²) in [4.78, 5) is 8.90.